The minimum atomic E-state index is -3.11. The van der Waals surface area contributed by atoms with Gasteiger partial charge in [-0.2, -0.15) is 4.59 Å². The van der Waals surface area contributed by atoms with Crippen LogP contribution in [-0.2, 0) is 0 Å². The van der Waals surface area contributed by atoms with Crippen molar-refractivity contribution < 1.29 is 66.6 Å². The van der Waals surface area contributed by atoms with Crippen molar-refractivity contribution in [1.82, 2.24) is 5.20 Å². The van der Waals surface area contributed by atoms with Crippen molar-refractivity contribution in [3.8, 4) is 5.75 Å². The molecule has 1 atom stereocenters. The van der Waals surface area contributed by atoms with E-state index in [1.807, 2.05) is 60.5 Å². The highest BCUT2D eigenvalue weighted by Crippen LogP contribution is 2.44. The highest BCUT2D eigenvalue weighted by molar-refractivity contribution is 7.53. The number of quaternary nitrogens is 2. The van der Waals surface area contributed by atoms with Crippen LogP contribution < -0.4 is 57.7 Å². The van der Waals surface area contributed by atoms with E-state index < -0.39 is 7.66 Å². The molecule has 0 heterocycles. The third kappa shape index (κ3) is 10.8. The van der Waals surface area contributed by atoms with Gasteiger partial charge < -0.3 is 57.4 Å². The van der Waals surface area contributed by atoms with Crippen molar-refractivity contribution in [2.45, 2.75) is 0 Å². The molecule has 1 unspecified atom stereocenters. The van der Waals surface area contributed by atoms with Crippen LogP contribution in [0.25, 0.3) is 0 Å². The summed E-state index contributed by atoms with van der Waals surface area (Å²) in [7, 11) is 8.22. The first-order chi connectivity index (χ1) is 8.49. The summed E-state index contributed by atoms with van der Waals surface area (Å²) in [6, 6.07) is 9.21. The Morgan fingerprint density at radius 3 is 1.86 bits per heavy atom. The van der Waals surface area contributed by atoms with E-state index in [9.17, 15) is 4.89 Å². The third-order valence-corrected chi connectivity index (χ3v) is 3.90. The van der Waals surface area contributed by atoms with Crippen molar-refractivity contribution in [3.63, 3.8) is 0 Å². The van der Waals surface area contributed by atoms with Gasteiger partial charge in [-0.05, 0) is 17.0 Å². The number of hydrogen-bond acceptors (Lipinski definition) is 2. The molecule has 0 aromatic heterocycles. The van der Waals surface area contributed by atoms with Gasteiger partial charge in [-0.1, -0.05) is 23.4 Å². The fourth-order valence-corrected chi connectivity index (χ4v) is 3.48. The van der Waals surface area contributed by atoms with Crippen LogP contribution in [0.5, 0.6) is 5.75 Å². The van der Waals surface area contributed by atoms with Crippen LogP contribution in [0.3, 0.4) is 0 Å². The quantitative estimate of drug-likeness (QED) is 0.172. The number of halogens is 2. The second-order valence-corrected chi connectivity index (χ2v) is 7.74. The fraction of sp³-hybridized carbons (Fsp3) is 0.500. The van der Waals surface area contributed by atoms with Crippen molar-refractivity contribution in [2.24, 2.45) is 4.85 Å². The first kappa shape index (κ1) is 23.8. The Morgan fingerprint density at radius 1 is 1.00 bits per heavy atom. The lowest BCUT2D eigenvalue weighted by molar-refractivity contribution is -0.904. The topological polar surface area (TPSA) is 53.9 Å². The Hall–Kier alpha value is 0.550. The molecule has 2 N–H and O–H groups in total. The van der Waals surface area contributed by atoms with Gasteiger partial charge in [0.2, 0.25) is 0 Å². The molecule has 0 aliphatic carbocycles. The summed E-state index contributed by atoms with van der Waals surface area (Å²) in [6.45, 7) is 0. The Morgan fingerprint density at radius 2 is 1.48 bits per heavy atom. The van der Waals surface area contributed by atoms with Crippen LogP contribution in [0.4, 0.5) is 0 Å². The molecule has 0 radical (unpaired) electrons. The van der Waals surface area contributed by atoms with Crippen LogP contribution in [0.2, 0.25) is 0 Å². The van der Waals surface area contributed by atoms with Gasteiger partial charge in [0.25, 0.3) is 0 Å². The summed E-state index contributed by atoms with van der Waals surface area (Å²) in [6.07, 6.45) is 0. The van der Waals surface area contributed by atoms with Gasteiger partial charge in [0, 0.05) is 0 Å². The highest BCUT2D eigenvalue weighted by Gasteiger charge is 2.31. The zero-order valence-electron chi connectivity index (χ0n) is 13.3. The first-order valence-electron chi connectivity index (χ1n) is 6.03. The molecule has 124 valence electrons. The summed E-state index contributed by atoms with van der Waals surface area (Å²) < 4.78 is 6.31. The predicted octanol–water partition coefficient (Wildman–Crippen LogP) is -4.16. The molecule has 0 aliphatic rings. The molecule has 1 aromatic carbocycles. The van der Waals surface area contributed by atoms with Gasteiger partial charge >= 0.3 is 7.66 Å². The molecule has 6 nitrogen and oxygen atoms in total. The number of nitrogens with zero attached hydrogens (tertiary/aromatic N) is 3. The molecule has 1 aromatic rings. The molecule has 0 saturated heterocycles. The Balaban J connectivity index is 0. The number of para-hydroxylation sites is 1. The average molecular weight is 542 g/mol. The van der Waals surface area contributed by atoms with Crippen LogP contribution in [0.15, 0.2) is 35.2 Å². The summed E-state index contributed by atoms with van der Waals surface area (Å²) in [5.74, 6) is 0.594. The average Bonchev–Trinajstić information content (AvgIpc) is 2.11. The van der Waals surface area contributed by atoms with E-state index in [-0.39, 0.29) is 52.5 Å². The lowest BCUT2D eigenvalue weighted by Gasteiger charge is -2.30. The number of hydrogen-bond donors (Lipinski definition) is 2. The molecular formula is C12H25I2N4O2P. The van der Waals surface area contributed by atoms with E-state index >= 15 is 0 Å². The fourth-order valence-electron chi connectivity index (χ4n) is 1.44. The number of nitrogens with one attached hydrogen (secondary N) is 1. The predicted molar refractivity (Wildman–Crippen MR) is 77.8 cm³/mol. The lowest BCUT2D eigenvalue weighted by atomic mass is 10.3. The Labute approximate surface area is 161 Å². The maximum atomic E-state index is 10.7. The molecule has 0 saturated carbocycles. The third-order valence-electron chi connectivity index (χ3n) is 1.80. The minimum Gasteiger partial charge on any atom is -1.00 e. The van der Waals surface area contributed by atoms with Crippen molar-refractivity contribution in [2.75, 3.05) is 42.3 Å². The molecule has 0 fully saturated rings. The maximum Gasteiger partial charge on any atom is 0.435 e. The monoisotopic (exact) mass is 542 g/mol. The van der Waals surface area contributed by atoms with Gasteiger partial charge in [0.15, 0.2) is 0 Å². The van der Waals surface area contributed by atoms with Gasteiger partial charge in [-0.3, -0.25) is 0 Å². The van der Waals surface area contributed by atoms with Gasteiger partial charge in [0.1, 0.15) is 5.75 Å². The van der Waals surface area contributed by atoms with Crippen LogP contribution >= 0.6 is 7.66 Å². The second-order valence-electron chi connectivity index (χ2n) is 6.09. The zero-order chi connectivity index (χ0) is 14.7. The molecule has 21 heavy (non-hydrogen) atoms. The van der Waals surface area contributed by atoms with E-state index in [2.05, 4.69) is 10.1 Å². The number of benzene rings is 1. The Kier molecular flexibility index (Phi) is 10.2. The minimum absolute atomic E-state index is 0. The summed E-state index contributed by atoms with van der Waals surface area (Å²) in [5.41, 5.74) is 0. The summed E-state index contributed by atoms with van der Waals surface area (Å²) in [4.78, 5) is 15.1. The van der Waals surface area contributed by atoms with Crippen LogP contribution in [-0.4, -0.2) is 56.4 Å². The molecule has 0 amide bonds. The molecule has 0 bridgehead atoms. The maximum absolute atomic E-state index is 10.7. The van der Waals surface area contributed by atoms with Gasteiger partial charge in [-0.25, -0.2) is 4.59 Å². The highest BCUT2D eigenvalue weighted by atomic mass is 127. The van der Waals surface area contributed by atoms with E-state index in [1.54, 1.807) is 12.1 Å². The van der Waals surface area contributed by atoms with Crippen molar-refractivity contribution in [1.29, 1.82) is 0 Å². The van der Waals surface area contributed by atoms with Crippen LogP contribution in [0.1, 0.15) is 0 Å². The standard InChI is InChI=1S/C12H25N4O2P.2HI/c1-15(2,3)13-19(17,14-16(4,5)6)18-12-10-8-7-9-11-12;;/h7-11,13,17H,1-6H3;2*1H/q+2;;/p-2. The molecule has 0 aliphatic heterocycles. The molecule has 0 spiro atoms. The Bertz CT molecular complexity index is 472. The van der Waals surface area contributed by atoms with Crippen LogP contribution in [0, 0.1) is 0 Å². The molecule has 1 rings (SSSR count). The zero-order valence-corrected chi connectivity index (χ0v) is 18.5. The van der Waals surface area contributed by atoms with Crippen molar-refractivity contribution in [3.05, 3.63) is 30.3 Å². The van der Waals surface area contributed by atoms with E-state index in [0.29, 0.717) is 10.3 Å². The first-order valence-corrected chi connectivity index (χ1v) is 7.64. The second kappa shape index (κ2) is 8.99. The SMILES string of the molecule is C[N+](C)(C)N=P(O)(N[N+](C)(C)C)Oc1ccccc1.[I-].[I-]. The van der Waals surface area contributed by atoms with Gasteiger partial charge in [-0.15, -0.1) is 0 Å². The van der Waals surface area contributed by atoms with Gasteiger partial charge in [0.05, 0.1) is 42.3 Å². The van der Waals surface area contributed by atoms with E-state index in [4.69, 9.17) is 4.52 Å². The summed E-state index contributed by atoms with van der Waals surface area (Å²) >= 11 is 0. The van der Waals surface area contributed by atoms with Crippen molar-refractivity contribution >= 4 is 7.66 Å². The number of rotatable bonds is 5. The lowest BCUT2D eigenvalue weighted by Crippen LogP contribution is -3.00. The smallest absolute Gasteiger partial charge is 0.435 e. The van der Waals surface area contributed by atoms with E-state index in [0.717, 1.165) is 0 Å². The summed E-state index contributed by atoms with van der Waals surface area (Å²) in [5, 5.41) is 3.04. The molecule has 9 heteroatoms. The normalized spacial score (nSPS) is 14.2. The largest absolute Gasteiger partial charge is 1.00 e. The molecular weight excluding hydrogens is 517 g/mol. The van der Waals surface area contributed by atoms with E-state index in [1.165, 1.54) is 0 Å².